The highest BCUT2D eigenvalue weighted by Crippen LogP contribution is 2.18. The first-order valence-electron chi connectivity index (χ1n) is 9.11. The van der Waals surface area contributed by atoms with Crippen LogP contribution in [0.1, 0.15) is 51.2 Å². The SMILES string of the molecule is CCN1CCCCC1CNC(=O)NC(C)CC(O)c1ccccc1. The first kappa shape index (κ1) is 18.7. The molecule has 3 atom stereocenters. The number of hydrogen-bond donors (Lipinski definition) is 3. The summed E-state index contributed by atoms with van der Waals surface area (Å²) in [6.45, 7) is 6.95. The molecule has 0 aromatic heterocycles. The van der Waals surface area contributed by atoms with Gasteiger partial charge in [-0.25, -0.2) is 4.79 Å². The minimum atomic E-state index is -0.560. The predicted octanol–water partition coefficient (Wildman–Crippen LogP) is 2.67. The molecule has 2 amide bonds. The van der Waals surface area contributed by atoms with Gasteiger partial charge < -0.3 is 15.7 Å². The molecule has 0 bridgehead atoms. The van der Waals surface area contributed by atoms with E-state index in [-0.39, 0.29) is 12.1 Å². The largest absolute Gasteiger partial charge is 0.388 e. The van der Waals surface area contributed by atoms with Crippen molar-refractivity contribution < 1.29 is 9.90 Å². The molecule has 0 aliphatic carbocycles. The Morgan fingerprint density at radius 2 is 2.08 bits per heavy atom. The van der Waals surface area contributed by atoms with Gasteiger partial charge in [0.2, 0.25) is 0 Å². The smallest absolute Gasteiger partial charge is 0.315 e. The summed E-state index contributed by atoms with van der Waals surface area (Å²) in [5.41, 5.74) is 0.882. The van der Waals surface area contributed by atoms with Gasteiger partial charge in [0.05, 0.1) is 6.10 Å². The summed E-state index contributed by atoms with van der Waals surface area (Å²) in [4.78, 5) is 14.5. The van der Waals surface area contributed by atoms with Crippen LogP contribution in [0.3, 0.4) is 0 Å². The van der Waals surface area contributed by atoms with Gasteiger partial charge in [-0.2, -0.15) is 0 Å². The van der Waals surface area contributed by atoms with Gasteiger partial charge >= 0.3 is 6.03 Å². The lowest BCUT2D eigenvalue weighted by molar-refractivity contribution is 0.148. The van der Waals surface area contributed by atoms with Gasteiger partial charge in [0.25, 0.3) is 0 Å². The van der Waals surface area contributed by atoms with Crippen LogP contribution in [0.2, 0.25) is 0 Å². The number of likely N-dealkylation sites (N-methyl/N-ethyl adjacent to an activating group) is 1. The molecule has 1 aromatic carbocycles. The van der Waals surface area contributed by atoms with Crippen molar-refractivity contribution in [1.82, 2.24) is 15.5 Å². The van der Waals surface area contributed by atoms with E-state index in [4.69, 9.17) is 0 Å². The monoisotopic (exact) mass is 333 g/mol. The zero-order chi connectivity index (χ0) is 17.4. The van der Waals surface area contributed by atoms with Gasteiger partial charge in [0, 0.05) is 18.6 Å². The summed E-state index contributed by atoms with van der Waals surface area (Å²) in [6.07, 6.45) is 3.59. The predicted molar refractivity (Wildman–Crippen MR) is 96.9 cm³/mol. The van der Waals surface area contributed by atoms with Crippen molar-refractivity contribution in [2.24, 2.45) is 0 Å². The Bertz CT molecular complexity index is 495. The van der Waals surface area contributed by atoms with Crippen molar-refractivity contribution in [3.63, 3.8) is 0 Å². The second-order valence-electron chi connectivity index (χ2n) is 6.70. The Morgan fingerprint density at radius 3 is 2.79 bits per heavy atom. The molecule has 3 unspecified atom stereocenters. The second-order valence-corrected chi connectivity index (χ2v) is 6.70. The van der Waals surface area contributed by atoms with Crippen LogP contribution >= 0.6 is 0 Å². The van der Waals surface area contributed by atoms with E-state index in [1.165, 1.54) is 12.8 Å². The van der Waals surface area contributed by atoms with E-state index in [0.717, 1.165) is 25.1 Å². The third-order valence-corrected chi connectivity index (χ3v) is 4.79. The number of aliphatic hydroxyl groups is 1. The van der Waals surface area contributed by atoms with Gasteiger partial charge in [0.15, 0.2) is 0 Å². The summed E-state index contributed by atoms with van der Waals surface area (Å²) < 4.78 is 0. The molecule has 0 spiro atoms. The number of aliphatic hydroxyl groups excluding tert-OH is 1. The molecular formula is C19H31N3O2. The lowest BCUT2D eigenvalue weighted by Crippen LogP contribution is -2.49. The van der Waals surface area contributed by atoms with Crippen LogP contribution in [0.4, 0.5) is 4.79 Å². The molecule has 134 valence electrons. The van der Waals surface area contributed by atoms with E-state index in [1.54, 1.807) is 0 Å². The number of benzene rings is 1. The highest BCUT2D eigenvalue weighted by atomic mass is 16.3. The number of nitrogens with zero attached hydrogens (tertiary/aromatic N) is 1. The van der Waals surface area contributed by atoms with Crippen molar-refractivity contribution >= 4 is 6.03 Å². The Balaban J connectivity index is 1.71. The molecule has 1 fully saturated rings. The van der Waals surface area contributed by atoms with Crippen LogP contribution in [-0.2, 0) is 0 Å². The molecule has 1 aliphatic heterocycles. The Hall–Kier alpha value is -1.59. The number of rotatable bonds is 7. The van der Waals surface area contributed by atoms with Crippen LogP contribution in [0, 0.1) is 0 Å². The lowest BCUT2D eigenvalue weighted by Gasteiger charge is -2.35. The summed E-state index contributed by atoms with van der Waals surface area (Å²) in [5.74, 6) is 0. The van der Waals surface area contributed by atoms with Crippen LogP contribution in [0.15, 0.2) is 30.3 Å². The zero-order valence-corrected chi connectivity index (χ0v) is 14.9. The summed E-state index contributed by atoms with van der Waals surface area (Å²) in [6, 6.07) is 9.76. The topological polar surface area (TPSA) is 64.6 Å². The van der Waals surface area contributed by atoms with Gasteiger partial charge in [-0.15, -0.1) is 0 Å². The number of hydrogen-bond acceptors (Lipinski definition) is 3. The van der Waals surface area contributed by atoms with Crippen LogP contribution < -0.4 is 10.6 Å². The van der Waals surface area contributed by atoms with Crippen molar-refractivity contribution in [1.29, 1.82) is 0 Å². The highest BCUT2D eigenvalue weighted by molar-refractivity contribution is 5.74. The van der Waals surface area contributed by atoms with Crippen molar-refractivity contribution in [2.45, 2.75) is 57.7 Å². The van der Waals surface area contributed by atoms with E-state index in [1.807, 2.05) is 37.3 Å². The average Bonchev–Trinajstić information content (AvgIpc) is 2.60. The molecule has 24 heavy (non-hydrogen) atoms. The first-order chi connectivity index (χ1) is 11.6. The number of amides is 2. The second kappa shape index (κ2) is 9.64. The molecule has 0 radical (unpaired) electrons. The normalized spacial score (nSPS) is 21.0. The quantitative estimate of drug-likeness (QED) is 0.719. The summed E-state index contributed by atoms with van der Waals surface area (Å²) in [7, 11) is 0. The molecule has 1 heterocycles. The van der Waals surface area contributed by atoms with E-state index in [0.29, 0.717) is 19.0 Å². The minimum absolute atomic E-state index is 0.0890. The fourth-order valence-corrected chi connectivity index (χ4v) is 3.40. The maximum atomic E-state index is 12.1. The lowest BCUT2D eigenvalue weighted by atomic mass is 10.0. The van der Waals surface area contributed by atoms with Crippen LogP contribution in [-0.4, -0.2) is 47.8 Å². The van der Waals surface area contributed by atoms with Crippen molar-refractivity contribution in [3.05, 3.63) is 35.9 Å². The van der Waals surface area contributed by atoms with E-state index in [9.17, 15) is 9.90 Å². The van der Waals surface area contributed by atoms with Gasteiger partial charge in [-0.05, 0) is 44.8 Å². The average molecular weight is 333 g/mol. The molecule has 5 nitrogen and oxygen atoms in total. The minimum Gasteiger partial charge on any atom is -0.388 e. The zero-order valence-electron chi connectivity index (χ0n) is 14.9. The fraction of sp³-hybridized carbons (Fsp3) is 0.632. The van der Waals surface area contributed by atoms with Gasteiger partial charge in [-0.3, -0.25) is 4.90 Å². The number of carbonyl (C=O) groups excluding carboxylic acids is 1. The van der Waals surface area contributed by atoms with E-state index in [2.05, 4.69) is 22.5 Å². The standard InChI is InChI=1S/C19H31N3O2/c1-3-22-12-8-7-11-17(22)14-20-19(24)21-15(2)13-18(23)16-9-5-4-6-10-16/h4-6,9-10,15,17-18,23H,3,7-8,11-14H2,1-2H3,(H2,20,21,24). The van der Waals surface area contributed by atoms with Crippen LogP contribution in [0.5, 0.6) is 0 Å². The Kier molecular flexibility index (Phi) is 7.53. The van der Waals surface area contributed by atoms with Crippen molar-refractivity contribution in [2.75, 3.05) is 19.6 Å². The number of nitrogens with one attached hydrogen (secondary N) is 2. The summed E-state index contributed by atoms with van der Waals surface area (Å²) in [5, 5.41) is 16.1. The maximum absolute atomic E-state index is 12.1. The number of piperidine rings is 1. The van der Waals surface area contributed by atoms with Crippen LogP contribution in [0.25, 0.3) is 0 Å². The fourth-order valence-electron chi connectivity index (χ4n) is 3.40. The molecule has 1 aromatic rings. The number of urea groups is 1. The first-order valence-corrected chi connectivity index (χ1v) is 9.11. The molecule has 1 aliphatic rings. The third-order valence-electron chi connectivity index (χ3n) is 4.79. The van der Waals surface area contributed by atoms with Crippen molar-refractivity contribution in [3.8, 4) is 0 Å². The summed E-state index contributed by atoms with van der Waals surface area (Å²) >= 11 is 0. The van der Waals surface area contributed by atoms with E-state index >= 15 is 0 Å². The molecule has 1 saturated heterocycles. The Labute approximate surface area is 145 Å². The molecule has 2 rings (SSSR count). The molecule has 3 N–H and O–H groups in total. The van der Waals surface area contributed by atoms with E-state index < -0.39 is 6.10 Å². The molecule has 0 saturated carbocycles. The number of carbonyl (C=O) groups is 1. The Morgan fingerprint density at radius 1 is 1.33 bits per heavy atom. The molecule has 5 heteroatoms. The third kappa shape index (κ3) is 5.80. The maximum Gasteiger partial charge on any atom is 0.315 e. The van der Waals surface area contributed by atoms with Gasteiger partial charge in [0.1, 0.15) is 0 Å². The highest BCUT2D eigenvalue weighted by Gasteiger charge is 2.21. The number of likely N-dealkylation sites (tertiary alicyclic amines) is 1. The van der Waals surface area contributed by atoms with Gasteiger partial charge in [-0.1, -0.05) is 43.7 Å². The molecular weight excluding hydrogens is 302 g/mol.